The van der Waals surface area contributed by atoms with E-state index in [-0.39, 0.29) is 17.1 Å². The standard InChI is InChI=1S/C25H33FN6O2/c1-3-30(4-2)17-18-9-5-6-15-31(18)16-14-28-25(34)32-22-19(10-7-11-20(22)26)24(33)29-21-12-8-13-27-23(21)32/h7-8,10-13,18H,3-6,9,14-17H2,1-2H3,(H,28,34)(H,29,33). The summed E-state index contributed by atoms with van der Waals surface area (Å²) >= 11 is 0. The number of likely N-dealkylation sites (tertiary alicyclic amines) is 1. The van der Waals surface area contributed by atoms with Gasteiger partial charge in [-0.3, -0.25) is 9.69 Å². The topological polar surface area (TPSA) is 80.8 Å². The van der Waals surface area contributed by atoms with Crippen molar-refractivity contribution >= 4 is 29.1 Å². The van der Waals surface area contributed by atoms with Gasteiger partial charge in [0.15, 0.2) is 5.82 Å². The minimum atomic E-state index is -0.656. The van der Waals surface area contributed by atoms with Crippen LogP contribution in [-0.4, -0.2) is 72.0 Å². The molecule has 1 aromatic heterocycles. The van der Waals surface area contributed by atoms with Gasteiger partial charge in [-0.1, -0.05) is 26.3 Å². The Bertz CT molecular complexity index is 1030. The monoisotopic (exact) mass is 468 g/mol. The lowest BCUT2D eigenvalue weighted by atomic mass is 10.0. The van der Waals surface area contributed by atoms with Gasteiger partial charge in [0.1, 0.15) is 11.5 Å². The fourth-order valence-corrected chi connectivity index (χ4v) is 4.82. The summed E-state index contributed by atoms with van der Waals surface area (Å²) in [5, 5.41) is 5.67. The number of likely N-dealkylation sites (N-methyl/N-ethyl adjacent to an activating group) is 1. The van der Waals surface area contributed by atoms with Crippen molar-refractivity contribution in [1.29, 1.82) is 0 Å². The van der Waals surface area contributed by atoms with E-state index in [1.54, 1.807) is 12.1 Å². The number of fused-ring (bicyclic) bond motifs is 2. The Balaban J connectivity index is 1.51. The maximum atomic E-state index is 14.9. The average molecular weight is 469 g/mol. The minimum absolute atomic E-state index is 0.0865. The maximum absolute atomic E-state index is 14.9. The normalized spacial score (nSPS) is 18.2. The van der Waals surface area contributed by atoms with E-state index in [0.717, 1.165) is 39.0 Å². The summed E-state index contributed by atoms with van der Waals surface area (Å²) in [7, 11) is 0. The highest BCUT2D eigenvalue weighted by Gasteiger charge is 2.33. The van der Waals surface area contributed by atoms with E-state index in [1.165, 1.54) is 35.7 Å². The average Bonchev–Trinajstić information content (AvgIpc) is 2.98. The number of carbonyl (C=O) groups excluding carboxylic acids is 2. The quantitative estimate of drug-likeness (QED) is 0.646. The molecule has 8 nitrogen and oxygen atoms in total. The molecule has 1 saturated heterocycles. The van der Waals surface area contributed by atoms with Gasteiger partial charge in [-0.15, -0.1) is 0 Å². The number of nitrogens with zero attached hydrogens (tertiary/aromatic N) is 4. The molecule has 0 radical (unpaired) electrons. The molecule has 3 amide bonds. The number of nitrogens with one attached hydrogen (secondary N) is 2. The smallest absolute Gasteiger partial charge is 0.327 e. The number of rotatable bonds is 7. The number of anilines is 3. The lowest BCUT2D eigenvalue weighted by molar-refractivity contribution is 0.102. The molecule has 9 heteroatoms. The van der Waals surface area contributed by atoms with Crippen LogP contribution in [0.5, 0.6) is 0 Å². The van der Waals surface area contributed by atoms with Crippen molar-refractivity contribution in [1.82, 2.24) is 20.1 Å². The Morgan fingerprint density at radius 3 is 2.85 bits per heavy atom. The highest BCUT2D eigenvalue weighted by atomic mass is 19.1. The van der Waals surface area contributed by atoms with Gasteiger partial charge < -0.3 is 15.5 Å². The van der Waals surface area contributed by atoms with Crippen molar-refractivity contribution in [3.63, 3.8) is 0 Å². The zero-order chi connectivity index (χ0) is 24.1. The molecule has 2 aliphatic rings. The Labute approximate surface area is 200 Å². The van der Waals surface area contributed by atoms with Crippen molar-refractivity contribution in [3.05, 3.63) is 47.9 Å². The van der Waals surface area contributed by atoms with Gasteiger partial charge in [0, 0.05) is 31.9 Å². The summed E-state index contributed by atoms with van der Waals surface area (Å²) in [4.78, 5) is 36.4. The molecule has 2 aromatic rings. The van der Waals surface area contributed by atoms with Crippen LogP contribution in [-0.2, 0) is 0 Å². The van der Waals surface area contributed by atoms with Gasteiger partial charge in [0.25, 0.3) is 5.91 Å². The van der Waals surface area contributed by atoms with E-state index in [2.05, 4.69) is 39.3 Å². The third-order valence-corrected chi connectivity index (χ3v) is 6.69. The molecule has 1 unspecified atom stereocenters. The van der Waals surface area contributed by atoms with Crippen LogP contribution >= 0.6 is 0 Å². The van der Waals surface area contributed by atoms with E-state index >= 15 is 0 Å². The zero-order valence-corrected chi connectivity index (χ0v) is 19.9. The molecule has 0 spiro atoms. The van der Waals surface area contributed by atoms with Gasteiger partial charge in [0.2, 0.25) is 0 Å². The Kier molecular flexibility index (Phi) is 7.74. The van der Waals surface area contributed by atoms with E-state index in [9.17, 15) is 14.0 Å². The molecule has 0 aliphatic carbocycles. The summed E-state index contributed by atoms with van der Waals surface area (Å²) in [6.07, 6.45) is 5.05. The highest BCUT2D eigenvalue weighted by molar-refractivity contribution is 6.16. The number of aromatic nitrogens is 1. The molecule has 182 valence electrons. The predicted octanol–water partition coefficient (Wildman–Crippen LogP) is 3.83. The molecule has 1 aromatic carbocycles. The molecule has 3 heterocycles. The summed E-state index contributed by atoms with van der Waals surface area (Å²) in [6, 6.07) is 7.46. The van der Waals surface area contributed by atoms with Crippen molar-refractivity contribution in [2.24, 2.45) is 0 Å². The van der Waals surface area contributed by atoms with Crippen LogP contribution in [0.4, 0.5) is 26.4 Å². The predicted molar refractivity (Wildman–Crippen MR) is 131 cm³/mol. The van der Waals surface area contributed by atoms with Crippen molar-refractivity contribution in [3.8, 4) is 0 Å². The van der Waals surface area contributed by atoms with Crippen LogP contribution in [0.3, 0.4) is 0 Å². The number of carbonyl (C=O) groups is 2. The van der Waals surface area contributed by atoms with Crippen LogP contribution < -0.4 is 15.5 Å². The number of pyridine rings is 1. The van der Waals surface area contributed by atoms with Crippen LogP contribution in [0.1, 0.15) is 43.5 Å². The molecule has 0 bridgehead atoms. The zero-order valence-electron chi connectivity index (χ0n) is 19.9. The number of hydrogen-bond acceptors (Lipinski definition) is 5. The summed E-state index contributed by atoms with van der Waals surface area (Å²) in [5.41, 5.74) is 0.351. The van der Waals surface area contributed by atoms with Gasteiger partial charge in [-0.2, -0.15) is 0 Å². The first-order valence-electron chi connectivity index (χ1n) is 12.1. The third-order valence-electron chi connectivity index (χ3n) is 6.69. The van der Waals surface area contributed by atoms with Crippen molar-refractivity contribution in [2.75, 3.05) is 49.5 Å². The number of urea groups is 1. The number of piperidine rings is 1. The second kappa shape index (κ2) is 10.9. The fourth-order valence-electron chi connectivity index (χ4n) is 4.82. The number of amides is 3. The number of para-hydroxylation sites is 1. The fraction of sp³-hybridized carbons (Fsp3) is 0.480. The summed E-state index contributed by atoms with van der Waals surface area (Å²) in [5.74, 6) is -0.946. The van der Waals surface area contributed by atoms with Crippen molar-refractivity contribution in [2.45, 2.75) is 39.2 Å². The molecular formula is C25H33FN6O2. The second-order valence-corrected chi connectivity index (χ2v) is 8.70. The first-order chi connectivity index (χ1) is 16.5. The Morgan fingerprint density at radius 2 is 2.06 bits per heavy atom. The molecule has 4 rings (SSSR count). The molecule has 1 fully saturated rings. The van der Waals surface area contributed by atoms with E-state index in [4.69, 9.17) is 0 Å². The number of halogens is 1. The molecular weight excluding hydrogens is 435 g/mol. The van der Waals surface area contributed by atoms with Crippen LogP contribution in [0, 0.1) is 5.82 Å². The van der Waals surface area contributed by atoms with Crippen molar-refractivity contribution < 1.29 is 14.0 Å². The van der Waals surface area contributed by atoms with Gasteiger partial charge in [0.05, 0.1) is 11.3 Å². The van der Waals surface area contributed by atoms with Gasteiger partial charge in [-0.25, -0.2) is 19.1 Å². The summed E-state index contributed by atoms with van der Waals surface area (Å²) < 4.78 is 14.9. The lowest BCUT2D eigenvalue weighted by Gasteiger charge is -2.38. The van der Waals surface area contributed by atoms with E-state index in [0.29, 0.717) is 24.8 Å². The molecule has 34 heavy (non-hydrogen) atoms. The second-order valence-electron chi connectivity index (χ2n) is 8.70. The summed E-state index contributed by atoms with van der Waals surface area (Å²) in [6.45, 7) is 9.57. The molecule has 1 atom stereocenters. The van der Waals surface area contributed by atoms with Gasteiger partial charge >= 0.3 is 6.03 Å². The largest absolute Gasteiger partial charge is 0.336 e. The first kappa shape index (κ1) is 24.1. The van der Waals surface area contributed by atoms with E-state index < -0.39 is 17.8 Å². The van der Waals surface area contributed by atoms with Crippen LogP contribution in [0.25, 0.3) is 0 Å². The first-order valence-corrected chi connectivity index (χ1v) is 12.1. The molecule has 2 N–H and O–H groups in total. The van der Waals surface area contributed by atoms with Crippen LogP contribution in [0.2, 0.25) is 0 Å². The third kappa shape index (κ3) is 5.05. The van der Waals surface area contributed by atoms with Gasteiger partial charge in [-0.05, 0) is 56.7 Å². The highest BCUT2D eigenvalue weighted by Crippen LogP contribution is 2.37. The SMILES string of the molecule is CCN(CC)CC1CCCCN1CCNC(=O)N1c2ncccc2NC(=O)c2cccc(F)c21. The van der Waals surface area contributed by atoms with Crippen LogP contribution in [0.15, 0.2) is 36.5 Å². The Morgan fingerprint density at radius 1 is 1.24 bits per heavy atom. The Hall–Kier alpha value is -3.04. The number of hydrogen-bond donors (Lipinski definition) is 2. The molecule has 2 aliphatic heterocycles. The van der Waals surface area contributed by atoms with E-state index in [1.807, 2.05) is 0 Å². The maximum Gasteiger partial charge on any atom is 0.327 e. The lowest BCUT2D eigenvalue weighted by Crippen LogP contribution is -2.50. The number of benzene rings is 1. The molecule has 0 saturated carbocycles. The minimum Gasteiger partial charge on any atom is -0.336 e.